The molecule has 3 nitrogen and oxygen atoms in total. The molecule has 1 N–H and O–H groups in total. The van der Waals surface area contributed by atoms with Crippen LogP contribution in [0.5, 0.6) is 0 Å². The number of aromatic nitrogens is 1. The van der Waals surface area contributed by atoms with Crippen LogP contribution in [0, 0.1) is 0 Å². The standard InChI is InChI=1S/C16H23N3S2/c1-4-19(5-2)11-10-17-15-14(16(20)21)12-8-6-7-9-13(12)18(15)3/h6-9,17H,4-5,10-11H2,1-3H3,(H,20,21). The number of nitrogens with one attached hydrogen (secondary N) is 1. The number of aryl methyl sites for hydroxylation is 1. The predicted octanol–water partition coefficient (Wildman–Crippen LogP) is 3.54. The summed E-state index contributed by atoms with van der Waals surface area (Å²) in [6, 6.07) is 8.30. The Hall–Kier alpha value is -1.04. The Morgan fingerprint density at radius 3 is 2.57 bits per heavy atom. The van der Waals surface area contributed by atoms with E-state index in [1.807, 2.05) is 12.1 Å². The van der Waals surface area contributed by atoms with E-state index >= 15 is 0 Å². The number of hydrogen-bond donors (Lipinski definition) is 2. The summed E-state index contributed by atoms with van der Waals surface area (Å²) in [5, 5.41) is 4.69. The van der Waals surface area contributed by atoms with E-state index in [1.165, 1.54) is 5.52 Å². The molecule has 1 aromatic carbocycles. The molecule has 1 aromatic heterocycles. The first kappa shape index (κ1) is 16.3. The number of benzene rings is 1. The van der Waals surface area contributed by atoms with Crippen LogP contribution >= 0.6 is 24.8 Å². The van der Waals surface area contributed by atoms with Crippen LogP contribution in [0.1, 0.15) is 19.4 Å². The molecule has 0 aliphatic rings. The monoisotopic (exact) mass is 321 g/mol. The second-order valence-corrected chi connectivity index (χ2v) is 6.22. The minimum absolute atomic E-state index is 0.636. The zero-order valence-corrected chi connectivity index (χ0v) is 14.6. The number of fused-ring (bicyclic) bond motifs is 1. The highest BCUT2D eigenvalue weighted by Crippen LogP contribution is 2.30. The van der Waals surface area contributed by atoms with Gasteiger partial charge in [0.2, 0.25) is 0 Å². The first-order valence-corrected chi connectivity index (χ1v) is 8.22. The smallest absolute Gasteiger partial charge is 0.116 e. The van der Waals surface area contributed by atoms with Crippen LogP contribution in [0.15, 0.2) is 24.3 Å². The van der Waals surface area contributed by atoms with Crippen molar-refractivity contribution in [3.05, 3.63) is 29.8 Å². The molecule has 1 heterocycles. The van der Waals surface area contributed by atoms with Crippen molar-refractivity contribution in [2.75, 3.05) is 31.5 Å². The van der Waals surface area contributed by atoms with Gasteiger partial charge in [0.05, 0.1) is 9.71 Å². The highest BCUT2D eigenvalue weighted by atomic mass is 32.1. The number of thiol groups is 1. The van der Waals surface area contributed by atoms with Gasteiger partial charge in [-0.2, -0.15) is 0 Å². The molecule has 2 aromatic rings. The molecule has 0 amide bonds. The Balaban J connectivity index is 2.28. The molecule has 0 saturated carbocycles. The number of nitrogens with zero attached hydrogens (tertiary/aromatic N) is 2. The Bertz CT molecular complexity index is 630. The summed E-state index contributed by atoms with van der Waals surface area (Å²) in [4.78, 5) is 2.40. The summed E-state index contributed by atoms with van der Waals surface area (Å²) in [6.45, 7) is 8.45. The summed E-state index contributed by atoms with van der Waals surface area (Å²) < 4.78 is 2.80. The van der Waals surface area contributed by atoms with Crippen LogP contribution in [0.25, 0.3) is 10.9 Å². The van der Waals surface area contributed by atoms with E-state index in [0.29, 0.717) is 4.20 Å². The third-order valence-corrected chi connectivity index (χ3v) is 4.36. The molecule has 0 fully saturated rings. The van der Waals surface area contributed by atoms with E-state index in [0.717, 1.165) is 42.9 Å². The molecule has 0 aliphatic heterocycles. The fourth-order valence-corrected chi connectivity index (χ4v) is 3.12. The summed E-state index contributed by atoms with van der Waals surface area (Å²) in [5.74, 6) is 1.06. The fourth-order valence-electron chi connectivity index (χ4n) is 2.69. The fraction of sp³-hybridized carbons (Fsp3) is 0.438. The molecule has 2 rings (SSSR count). The van der Waals surface area contributed by atoms with Gasteiger partial charge in [-0.25, -0.2) is 0 Å². The lowest BCUT2D eigenvalue weighted by molar-refractivity contribution is 0.316. The molecule has 0 radical (unpaired) electrons. The highest BCUT2D eigenvalue weighted by molar-refractivity contribution is 8.11. The van der Waals surface area contributed by atoms with Gasteiger partial charge in [0.25, 0.3) is 0 Å². The minimum Gasteiger partial charge on any atom is -0.370 e. The number of hydrogen-bond acceptors (Lipinski definition) is 3. The van der Waals surface area contributed by atoms with Gasteiger partial charge in [-0.15, -0.1) is 12.6 Å². The zero-order valence-electron chi connectivity index (χ0n) is 12.9. The minimum atomic E-state index is 0.636. The normalized spacial score (nSPS) is 11.3. The van der Waals surface area contributed by atoms with Crippen molar-refractivity contribution in [2.45, 2.75) is 13.8 Å². The molecule has 0 bridgehead atoms. The lowest BCUT2D eigenvalue weighted by atomic mass is 10.2. The number of likely N-dealkylation sites (N-methyl/N-ethyl adjacent to an activating group) is 1. The van der Waals surface area contributed by atoms with Crippen molar-refractivity contribution in [2.24, 2.45) is 7.05 Å². The van der Waals surface area contributed by atoms with Gasteiger partial charge in [0, 0.05) is 31.1 Å². The number of anilines is 1. The van der Waals surface area contributed by atoms with E-state index in [1.54, 1.807) is 0 Å². The quantitative estimate of drug-likeness (QED) is 0.601. The Kier molecular flexibility index (Phi) is 5.67. The maximum absolute atomic E-state index is 5.34. The van der Waals surface area contributed by atoms with Crippen molar-refractivity contribution in [1.82, 2.24) is 9.47 Å². The van der Waals surface area contributed by atoms with Gasteiger partial charge in [-0.1, -0.05) is 44.3 Å². The van der Waals surface area contributed by atoms with Crippen molar-refractivity contribution < 1.29 is 0 Å². The average Bonchev–Trinajstić information content (AvgIpc) is 2.77. The van der Waals surface area contributed by atoms with E-state index in [2.05, 4.69) is 60.4 Å². The van der Waals surface area contributed by atoms with E-state index in [9.17, 15) is 0 Å². The molecule has 0 spiro atoms. The van der Waals surface area contributed by atoms with Gasteiger partial charge in [0.15, 0.2) is 0 Å². The second-order valence-electron chi connectivity index (χ2n) is 5.06. The highest BCUT2D eigenvalue weighted by Gasteiger charge is 2.16. The van der Waals surface area contributed by atoms with E-state index in [4.69, 9.17) is 12.2 Å². The van der Waals surface area contributed by atoms with Crippen molar-refractivity contribution in [3.8, 4) is 0 Å². The van der Waals surface area contributed by atoms with Crippen LogP contribution in [-0.4, -0.2) is 39.8 Å². The number of thiocarbonyl (C=S) groups is 1. The molecule has 114 valence electrons. The lowest BCUT2D eigenvalue weighted by Gasteiger charge is -2.19. The maximum Gasteiger partial charge on any atom is 0.116 e. The Morgan fingerprint density at radius 1 is 1.29 bits per heavy atom. The zero-order chi connectivity index (χ0) is 15.4. The van der Waals surface area contributed by atoms with Gasteiger partial charge in [0.1, 0.15) is 5.82 Å². The third-order valence-electron chi connectivity index (χ3n) is 3.94. The first-order valence-electron chi connectivity index (χ1n) is 7.37. The van der Waals surface area contributed by atoms with Crippen LogP contribution in [0.4, 0.5) is 5.82 Å². The molecule has 0 aliphatic carbocycles. The molecule has 0 unspecified atom stereocenters. The Labute approximate surface area is 137 Å². The first-order chi connectivity index (χ1) is 10.1. The topological polar surface area (TPSA) is 20.2 Å². The average molecular weight is 322 g/mol. The number of rotatable bonds is 7. The summed E-state index contributed by atoms with van der Waals surface area (Å²) >= 11 is 9.75. The third kappa shape index (κ3) is 3.42. The van der Waals surface area contributed by atoms with E-state index in [-0.39, 0.29) is 0 Å². The largest absolute Gasteiger partial charge is 0.370 e. The van der Waals surface area contributed by atoms with Crippen LogP contribution < -0.4 is 5.32 Å². The predicted molar refractivity (Wildman–Crippen MR) is 99.9 cm³/mol. The maximum atomic E-state index is 5.34. The summed E-state index contributed by atoms with van der Waals surface area (Å²) in [5.41, 5.74) is 2.21. The van der Waals surface area contributed by atoms with E-state index < -0.39 is 0 Å². The van der Waals surface area contributed by atoms with Crippen LogP contribution in [-0.2, 0) is 7.05 Å². The van der Waals surface area contributed by atoms with Gasteiger partial charge in [-0.3, -0.25) is 0 Å². The number of para-hydroxylation sites is 1. The van der Waals surface area contributed by atoms with Gasteiger partial charge in [-0.05, 0) is 19.2 Å². The van der Waals surface area contributed by atoms with Crippen LogP contribution in [0.2, 0.25) is 0 Å². The molecular formula is C16H23N3S2. The van der Waals surface area contributed by atoms with Gasteiger partial charge >= 0.3 is 0 Å². The second kappa shape index (κ2) is 7.29. The van der Waals surface area contributed by atoms with Gasteiger partial charge < -0.3 is 14.8 Å². The lowest BCUT2D eigenvalue weighted by Crippen LogP contribution is -2.29. The van der Waals surface area contributed by atoms with Crippen molar-refractivity contribution >= 4 is 45.8 Å². The summed E-state index contributed by atoms with van der Waals surface area (Å²) in [7, 11) is 2.07. The Morgan fingerprint density at radius 2 is 1.95 bits per heavy atom. The van der Waals surface area contributed by atoms with Crippen LogP contribution in [0.3, 0.4) is 0 Å². The molecule has 5 heteroatoms. The molecule has 21 heavy (non-hydrogen) atoms. The van der Waals surface area contributed by atoms with Crippen molar-refractivity contribution in [1.29, 1.82) is 0 Å². The molecular weight excluding hydrogens is 298 g/mol. The SMILES string of the molecule is CCN(CC)CCNc1c(C(=S)S)c2ccccc2n1C. The molecule has 0 atom stereocenters. The summed E-state index contributed by atoms with van der Waals surface area (Å²) in [6.07, 6.45) is 0. The van der Waals surface area contributed by atoms with Crippen molar-refractivity contribution in [3.63, 3.8) is 0 Å². The molecule has 0 saturated heterocycles.